The first-order valence-corrected chi connectivity index (χ1v) is 3.05. The molecule has 0 aliphatic carbocycles. The molecule has 0 atom stereocenters. The van der Waals surface area contributed by atoms with E-state index in [1.165, 1.54) is 0 Å². The van der Waals surface area contributed by atoms with E-state index in [-0.39, 0.29) is 0 Å². The van der Waals surface area contributed by atoms with Crippen molar-refractivity contribution in [2.45, 2.75) is 13.3 Å². The number of rotatable bonds is 5. The standard InChI is InChI=1S/C6H14NO/c1-3-5-8-6-4-7-2/h3-6H2,1-2H3. The molecule has 0 aromatic heterocycles. The fraction of sp³-hybridized carbons (Fsp3) is 1.00. The van der Waals surface area contributed by atoms with Crippen LogP contribution in [0.15, 0.2) is 0 Å². The maximum absolute atomic E-state index is 5.13. The molecule has 0 saturated carbocycles. The van der Waals surface area contributed by atoms with Gasteiger partial charge in [-0.1, -0.05) is 6.92 Å². The number of ether oxygens (including phenoxy) is 1. The number of hydrogen-bond donors (Lipinski definition) is 0. The molecule has 2 nitrogen and oxygen atoms in total. The first-order chi connectivity index (χ1) is 3.91. The Hall–Kier alpha value is -0.0800. The average Bonchev–Trinajstić information content (AvgIpc) is 1.81. The molecule has 0 saturated heterocycles. The van der Waals surface area contributed by atoms with Crippen molar-refractivity contribution in [1.82, 2.24) is 5.32 Å². The smallest absolute Gasteiger partial charge is 0.0607 e. The molecule has 0 aromatic rings. The molecule has 49 valence electrons. The first kappa shape index (κ1) is 7.92. The molecule has 0 unspecified atom stereocenters. The third-order valence-electron chi connectivity index (χ3n) is 0.808. The second kappa shape index (κ2) is 6.92. The lowest BCUT2D eigenvalue weighted by Crippen LogP contribution is -2.08. The van der Waals surface area contributed by atoms with Crippen molar-refractivity contribution in [1.29, 1.82) is 0 Å². The van der Waals surface area contributed by atoms with E-state index in [1.807, 2.05) is 0 Å². The monoisotopic (exact) mass is 116 g/mol. The average molecular weight is 116 g/mol. The van der Waals surface area contributed by atoms with Crippen LogP contribution >= 0.6 is 0 Å². The summed E-state index contributed by atoms with van der Waals surface area (Å²) in [5, 5.41) is 3.88. The van der Waals surface area contributed by atoms with E-state index >= 15 is 0 Å². The Morgan fingerprint density at radius 3 is 2.62 bits per heavy atom. The van der Waals surface area contributed by atoms with Gasteiger partial charge in [0.05, 0.1) is 6.61 Å². The molecule has 0 N–H and O–H groups in total. The highest BCUT2D eigenvalue weighted by Gasteiger charge is 1.81. The Labute approximate surface area is 51.2 Å². The molecular weight excluding hydrogens is 102 g/mol. The van der Waals surface area contributed by atoms with E-state index in [2.05, 4.69) is 12.2 Å². The van der Waals surface area contributed by atoms with E-state index in [1.54, 1.807) is 7.05 Å². The van der Waals surface area contributed by atoms with E-state index in [4.69, 9.17) is 4.74 Å². The zero-order chi connectivity index (χ0) is 6.24. The zero-order valence-corrected chi connectivity index (χ0v) is 5.68. The molecule has 8 heavy (non-hydrogen) atoms. The number of hydrogen-bond acceptors (Lipinski definition) is 1. The molecule has 0 rings (SSSR count). The normalized spacial score (nSPS) is 9.75. The minimum Gasteiger partial charge on any atom is -0.380 e. The summed E-state index contributed by atoms with van der Waals surface area (Å²) in [6, 6.07) is 0. The Bertz CT molecular complexity index is 33.5. The van der Waals surface area contributed by atoms with Gasteiger partial charge >= 0.3 is 0 Å². The van der Waals surface area contributed by atoms with Gasteiger partial charge in [-0.3, -0.25) is 0 Å². The van der Waals surface area contributed by atoms with Crippen LogP contribution in [0.1, 0.15) is 13.3 Å². The van der Waals surface area contributed by atoms with Gasteiger partial charge in [0.25, 0.3) is 0 Å². The molecular formula is C6H14NO. The van der Waals surface area contributed by atoms with Crippen LogP contribution < -0.4 is 5.32 Å². The maximum atomic E-state index is 5.13. The lowest BCUT2D eigenvalue weighted by Gasteiger charge is -1.97. The Kier molecular flexibility index (Phi) is 6.85. The van der Waals surface area contributed by atoms with E-state index in [0.717, 1.165) is 26.2 Å². The minimum absolute atomic E-state index is 0.782. The van der Waals surface area contributed by atoms with Crippen LogP contribution in [-0.4, -0.2) is 26.8 Å². The van der Waals surface area contributed by atoms with Gasteiger partial charge in [-0.15, -0.1) is 0 Å². The predicted molar refractivity (Wildman–Crippen MR) is 34.0 cm³/mol. The summed E-state index contributed by atoms with van der Waals surface area (Å²) in [6.45, 7) is 4.59. The van der Waals surface area contributed by atoms with Crippen molar-refractivity contribution in [2.24, 2.45) is 0 Å². The molecule has 0 aromatic carbocycles. The van der Waals surface area contributed by atoms with Gasteiger partial charge in [0.15, 0.2) is 0 Å². The van der Waals surface area contributed by atoms with Gasteiger partial charge in [-0.05, 0) is 6.42 Å². The van der Waals surface area contributed by atoms with Gasteiger partial charge in [-0.2, -0.15) is 0 Å². The van der Waals surface area contributed by atoms with Gasteiger partial charge in [0, 0.05) is 20.2 Å². The zero-order valence-electron chi connectivity index (χ0n) is 5.68. The van der Waals surface area contributed by atoms with E-state index in [0.29, 0.717) is 0 Å². The molecule has 0 aliphatic heterocycles. The number of likely N-dealkylation sites (N-methyl/N-ethyl adjacent to an activating group) is 1. The van der Waals surface area contributed by atoms with E-state index < -0.39 is 0 Å². The largest absolute Gasteiger partial charge is 0.380 e. The van der Waals surface area contributed by atoms with Crippen molar-refractivity contribution in [3.63, 3.8) is 0 Å². The van der Waals surface area contributed by atoms with Crippen molar-refractivity contribution in [2.75, 3.05) is 26.8 Å². The van der Waals surface area contributed by atoms with Gasteiger partial charge < -0.3 is 4.74 Å². The number of nitrogens with zero attached hydrogens (tertiary/aromatic N) is 1. The van der Waals surface area contributed by atoms with Crippen LogP contribution in [0.4, 0.5) is 0 Å². The maximum Gasteiger partial charge on any atom is 0.0607 e. The summed E-state index contributed by atoms with van der Waals surface area (Å²) in [4.78, 5) is 0. The summed E-state index contributed by atoms with van der Waals surface area (Å²) in [7, 11) is 1.80. The summed E-state index contributed by atoms with van der Waals surface area (Å²) >= 11 is 0. The van der Waals surface area contributed by atoms with Crippen LogP contribution in [-0.2, 0) is 4.74 Å². The van der Waals surface area contributed by atoms with Crippen LogP contribution in [0.3, 0.4) is 0 Å². The highest BCUT2D eigenvalue weighted by atomic mass is 16.5. The van der Waals surface area contributed by atoms with Crippen LogP contribution in [0.2, 0.25) is 0 Å². The SMILES string of the molecule is CCCOCC[N]C. The van der Waals surface area contributed by atoms with Crippen molar-refractivity contribution in [3.8, 4) is 0 Å². The summed E-state index contributed by atoms with van der Waals surface area (Å²) < 4.78 is 5.13. The van der Waals surface area contributed by atoms with Gasteiger partial charge in [-0.25, -0.2) is 5.32 Å². The Morgan fingerprint density at radius 2 is 2.12 bits per heavy atom. The third kappa shape index (κ3) is 5.92. The third-order valence-corrected chi connectivity index (χ3v) is 0.808. The minimum atomic E-state index is 0.782. The van der Waals surface area contributed by atoms with E-state index in [9.17, 15) is 0 Å². The molecule has 0 aliphatic rings. The Morgan fingerprint density at radius 1 is 1.38 bits per heavy atom. The van der Waals surface area contributed by atoms with Crippen molar-refractivity contribution in [3.05, 3.63) is 0 Å². The Balaban J connectivity index is 2.53. The highest BCUT2D eigenvalue weighted by molar-refractivity contribution is 4.33. The van der Waals surface area contributed by atoms with Crippen molar-refractivity contribution < 1.29 is 4.74 Å². The summed E-state index contributed by atoms with van der Waals surface area (Å²) in [5.74, 6) is 0. The quantitative estimate of drug-likeness (QED) is 0.484. The van der Waals surface area contributed by atoms with Gasteiger partial charge in [0.1, 0.15) is 0 Å². The predicted octanol–water partition coefficient (Wildman–Crippen LogP) is 0.647. The highest BCUT2D eigenvalue weighted by Crippen LogP contribution is 1.77. The summed E-state index contributed by atoms with van der Waals surface area (Å²) in [6.07, 6.45) is 1.10. The molecule has 2 heteroatoms. The fourth-order valence-corrected chi connectivity index (χ4v) is 0.402. The molecule has 0 bridgehead atoms. The van der Waals surface area contributed by atoms with Gasteiger partial charge in [0.2, 0.25) is 0 Å². The molecule has 0 heterocycles. The topological polar surface area (TPSA) is 23.3 Å². The fourth-order valence-electron chi connectivity index (χ4n) is 0.402. The second-order valence-corrected chi connectivity index (χ2v) is 1.65. The second-order valence-electron chi connectivity index (χ2n) is 1.65. The molecule has 1 radical (unpaired) electrons. The first-order valence-electron chi connectivity index (χ1n) is 3.05. The summed E-state index contributed by atoms with van der Waals surface area (Å²) in [5.41, 5.74) is 0. The molecule has 0 fully saturated rings. The van der Waals surface area contributed by atoms with Crippen LogP contribution in [0.25, 0.3) is 0 Å². The lowest BCUT2D eigenvalue weighted by atomic mass is 10.5. The molecule has 0 amide bonds. The van der Waals surface area contributed by atoms with Crippen LogP contribution in [0.5, 0.6) is 0 Å². The van der Waals surface area contributed by atoms with Crippen molar-refractivity contribution >= 4 is 0 Å². The molecule has 0 spiro atoms. The lowest BCUT2D eigenvalue weighted by molar-refractivity contribution is 0.137. The van der Waals surface area contributed by atoms with Crippen LogP contribution in [0, 0.1) is 0 Å².